The van der Waals surface area contributed by atoms with E-state index in [4.69, 9.17) is 9.73 Å². The van der Waals surface area contributed by atoms with Gasteiger partial charge in [-0.1, -0.05) is 34.1 Å². The van der Waals surface area contributed by atoms with Gasteiger partial charge in [-0.2, -0.15) is 0 Å². The van der Waals surface area contributed by atoms with E-state index in [1.807, 2.05) is 56.3 Å². The van der Waals surface area contributed by atoms with Gasteiger partial charge >= 0.3 is 0 Å². The van der Waals surface area contributed by atoms with Crippen molar-refractivity contribution in [1.29, 1.82) is 0 Å². The Morgan fingerprint density at radius 3 is 2.66 bits per heavy atom. The lowest BCUT2D eigenvalue weighted by atomic mass is 9.95. The highest BCUT2D eigenvalue weighted by molar-refractivity contribution is 9.11. The molecule has 0 saturated heterocycles. The van der Waals surface area contributed by atoms with Crippen molar-refractivity contribution in [3.05, 3.63) is 73.0 Å². The smallest absolute Gasteiger partial charge is 0.259 e. The van der Waals surface area contributed by atoms with Crippen LogP contribution in [0.5, 0.6) is 5.75 Å². The summed E-state index contributed by atoms with van der Waals surface area (Å²) in [6.45, 7) is 3.99. The van der Waals surface area contributed by atoms with Crippen molar-refractivity contribution in [2.24, 2.45) is 4.99 Å². The molecule has 1 N–H and O–H groups in total. The second-order valence-corrected chi connectivity index (χ2v) is 10.8. The van der Waals surface area contributed by atoms with E-state index in [1.165, 1.54) is 4.88 Å². The lowest BCUT2D eigenvalue weighted by molar-refractivity contribution is 0.102. The average Bonchev–Trinajstić information content (AvgIpc) is 3.13. The average molecular weight is 576 g/mol. The van der Waals surface area contributed by atoms with Crippen LogP contribution >= 0.6 is 43.2 Å². The van der Waals surface area contributed by atoms with Gasteiger partial charge in [-0.25, -0.2) is 4.99 Å². The monoisotopic (exact) mass is 574 g/mol. The molecule has 0 unspecified atom stereocenters. The number of aliphatic imine (C=N–C) groups is 1. The molecular weight excluding hydrogens is 552 g/mol. The van der Waals surface area contributed by atoms with Crippen LogP contribution in [0.4, 0.5) is 10.7 Å². The van der Waals surface area contributed by atoms with Gasteiger partial charge in [0.15, 0.2) is 0 Å². The number of para-hydroxylation sites is 1. The normalized spacial score (nSPS) is 13.4. The van der Waals surface area contributed by atoms with E-state index in [0.29, 0.717) is 5.56 Å². The number of hydrogen-bond acceptors (Lipinski definition) is 4. The topological polar surface area (TPSA) is 50.7 Å². The zero-order valence-electron chi connectivity index (χ0n) is 18.0. The number of aryl methyl sites for hydroxylation is 1. The lowest BCUT2D eigenvalue weighted by Gasteiger charge is -2.14. The van der Waals surface area contributed by atoms with Gasteiger partial charge in [-0.3, -0.25) is 4.79 Å². The molecule has 0 aliphatic heterocycles. The summed E-state index contributed by atoms with van der Waals surface area (Å²) < 4.78 is 7.80. The van der Waals surface area contributed by atoms with Crippen LogP contribution in [0.15, 0.2) is 56.4 Å². The van der Waals surface area contributed by atoms with Crippen molar-refractivity contribution in [2.75, 3.05) is 5.32 Å². The van der Waals surface area contributed by atoms with Gasteiger partial charge in [0.25, 0.3) is 5.91 Å². The molecule has 0 bridgehead atoms. The molecule has 0 spiro atoms. The standard InChI is InChI=1S/C25H24Br2N2O2S/c1-15(2)31-23-16(12-17(26)13-20(23)27)14-28-25-22(19-10-6-7-11-21(19)32-25)24(30)29-18-8-4-3-5-9-18/h3-5,8-9,12-15H,6-7,10-11H2,1-2H3,(H,29,30). The fraction of sp³-hybridized carbons (Fsp3) is 0.280. The summed E-state index contributed by atoms with van der Waals surface area (Å²) in [6, 6.07) is 13.5. The van der Waals surface area contributed by atoms with Gasteiger partial charge in [0.05, 0.1) is 16.1 Å². The Labute approximate surface area is 209 Å². The maximum absolute atomic E-state index is 13.3. The fourth-order valence-electron chi connectivity index (χ4n) is 3.76. The molecule has 1 aliphatic carbocycles. The van der Waals surface area contributed by atoms with Crippen LogP contribution in [0.1, 0.15) is 53.1 Å². The maximum Gasteiger partial charge on any atom is 0.259 e. The van der Waals surface area contributed by atoms with Crippen LogP contribution < -0.4 is 10.1 Å². The summed E-state index contributed by atoms with van der Waals surface area (Å²) in [5, 5.41) is 3.79. The molecule has 0 fully saturated rings. The summed E-state index contributed by atoms with van der Waals surface area (Å²) >= 11 is 8.77. The molecule has 4 rings (SSSR count). The number of thiophene rings is 1. The Hall–Kier alpha value is -1.96. The Bertz CT molecular complexity index is 1160. The highest BCUT2D eigenvalue weighted by Crippen LogP contribution is 2.41. The van der Waals surface area contributed by atoms with Crippen LogP contribution in [0, 0.1) is 0 Å². The first-order chi connectivity index (χ1) is 15.4. The summed E-state index contributed by atoms with van der Waals surface area (Å²) in [5.74, 6) is 0.639. The van der Waals surface area contributed by atoms with E-state index in [9.17, 15) is 4.79 Å². The Morgan fingerprint density at radius 1 is 1.16 bits per heavy atom. The zero-order valence-corrected chi connectivity index (χ0v) is 21.9. The number of anilines is 1. The van der Waals surface area contributed by atoms with Crippen molar-refractivity contribution >= 4 is 66.0 Å². The number of nitrogens with one attached hydrogen (secondary N) is 1. The molecule has 1 heterocycles. The third-order valence-corrected chi connectivity index (χ3v) is 7.37. The minimum absolute atomic E-state index is 0.0286. The first-order valence-corrected chi connectivity index (χ1v) is 13.0. The van der Waals surface area contributed by atoms with E-state index in [1.54, 1.807) is 17.6 Å². The Morgan fingerprint density at radius 2 is 1.91 bits per heavy atom. The number of carbonyl (C=O) groups is 1. The molecule has 0 saturated carbocycles. The predicted molar refractivity (Wildman–Crippen MR) is 140 cm³/mol. The van der Waals surface area contributed by atoms with Crippen LogP contribution in [0.3, 0.4) is 0 Å². The van der Waals surface area contributed by atoms with Crippen LogP contribution in [0.25, 0.3) is 0 Å². The number of carbonyl (C=O) groups excluding carboxylic acids is 1. The second kappa shape index (κ2) is 10.3. The lowest BCUT2D eigenvalue weighted by Crippen LogP contribution is -2.14. The SMILES string of the molecule is CC(C)Oc1c(Br)cc(Br)cc1C=Nc1sc2c(c1C(=O)Nc1ccccc1)CCCC2. The number of benzene rings is 2. The third kappa shape index (κ3) is 5.33. The van der Waals surface area contributed by atoms with E-state index >= 15 is 0 Å². The number of amides is 1. The number of rotatable bonds is 6. The van der Waals surface area contributed by atoms with Crippen LogP contribution in [-0.2, 0) is 12.8 Å². The first-order valence-electron chi connectivity index (χ1n) is 10.6. The molecule has 0 atom stereocenters. The highest BCUT2D eigenvalue weighted by Gasteiger charge is 2.25. The molecule has 7 heteroatoms. The van der Waals surface area contributed by atoms with Gasteiger partial charge in [-0.05, 0) is 85.3 Å². The van der Waals surface area contributed by atoms with Crippen molar-refractivity contribution < 1.29 is 9.53 Å². The van der Waals surface area contributed by atoms with E-state index in [-0.39, 0.29) is 12.0 Å². The van der Waals surface area contributed by atoms with Gasteiger partial charge in [0.1, 0.15) is 10.8 Å². The fourth-order valence-corrected chi connectivity index (χ4v) is 6.34. The second-order valence-electron chi connectivity index (χ2n) is 7.94. The minimum Gasteiger partial charge on any atom is -0.489 e. The summed E-state index contributed by atoms with van der Waals surface area (Å²) in [7, 11) is 0. The Balaban J connectivity index is 1.72. The Kier molecular flexibility index (Phi) is 7.48. The van der Waals surface area contributed by atoms with E-state index in [0.717, 1.165) is 62.2 Å². The molecule has 2 aromatic carbocycles. The summed E-state index contributed by atoms with van der Waals surface area (Å²) in [5.41, 5.74) is 3.48. The molecule has 1 aliphatic rings. The van der Waals surface area contributed by atoms with E-state index in [2.05, 4.69) is 37.2 Å². The largest absolute Gasteiger partial charge is 0.489 e. The van der Waals surface area contributed by atoms with Gasteiger partial charge in [0, 0.05) is 26.8 Å². The van der Waals surface area contributed by atoms with Crippen molar-refractivity contribution in [3.63, 3.8) is 0 Å². The minimum atomic E-state index is -0.100. The molecule has 4 nitrogen and oxygen atoms in total. The molecular formula is C25H24Br2N2O2S. The van der Waals surface area contributed by atoms with Crippen LogP contribution in [-0.4, -0.2) is 18.2 Å². The molecule has 0 radical (unpaired) electrons. The van der Waals surface area contributed by atoms with Crippen molar-refractivity contribution in [3.8, 4) is 5.75 Å². The molecule has 1 aromatic heterocycles. The van der Waals surface area contributed by atoms with Crippen molar-refractivity contribution in [2.45, 2.75) is 45.6 Å². The van der Waals surface area contributed by atoms with E-state index < -0.39 is 0 Å². The number of hydrogen-bond donors (Lipinski definition) is 1. The maximum atomic E-state index is 13.3. The molecule has 3 aromatic rings. The van der Waals surface area contributed by atoms with Gasteiger partial charge in [0.2, 0.25) is 0 Å². The van der Waals surface area contributed by atoms with Crippen LogP contribution in [0.2, 0.25) is 0 Å². The van der Waals surface area contributed by atoms with Gasteiger partial charge in [-0.15, -0.1) is 11.3 Å². The number of ether oxygens (including phenoxy) is 1. The summed E-state index contributed by atoms with van der Waals surface area (Å²) in [4.78, 5) is 19.4. The quantitative estimate of drug-likeness (QED) is 0.303. The highest BCUT2D eigenvalue weighted by atomic mass is 79.9. The number of halogens is 2. The van der Waals surface area contributed by atoms with Gasteiger partial charge < -0.3 is 10.1 Å². The summed E-state index contributed by atoms with van der Waals surface area (Å²) in [6.07, 6.45) is 6.00. The van der Waals surface area contributed by atoms with Crippen molar-refractivity contribution in [1.82, 2.24) is 0 Å². The zero-order chi connectivity index (χ0) is 22.7. The molecule has 166 valence electrons. The number of fused-ring (bicyclic) bond motifs is 1. The first kappa shape index (κ1) is 23.2. The number of nitrogens with zero attached hydrogens (tertiary/aromatic N) is 1. The third-order valence-electron chi connectivity index (χ3n) is 5.12. The molecule has 32 heavy (non-hydrogen) atoms. The molecule has 1 amide bonds. The predicted octanol–water partition coefficient (Wildman–Crippen LogP) is 7.94.